The number of para-hydroxylation sites is 2. The third-order valence-electron chi connectivity index (χ3n) is 2.54. The van der Waals surface area contributed by atoms with Gasteiger partial charge in [0.1, 0.15) is 0 Å². The first-order valence-electron chi connectivity index (χ1n) is 5.38. The van der Waals surface area contributed by atoms with E-state index in [0.29, 0.717) is 0 Å². The molecule has 0 aliphatic carbocycles. The van der Waals surface area contributed by atoms with Crippen molar-refractivity contribution in [2.45, 2.75) is 19.4 Å². The fourth-order valence-electron chi connectivity index (χ4n) is 1.73. The maximum atomic E-state index is 11.7. The van der Waals surface area contributed by atoms with E-state index in [4.69, 9.17) is 0 Å². The van der Waals surface area contributed by atoms with Gasteiger partial charge in [0.15, 0.2) is 0 Å². The van der Waals surface area contributed by atoms with E-state index < -0.39 is 0 Å². The molecule has 0 radical (unpaired) electrons. The Morgan fingerprint density at radius 3 is 2.88 bits per heavy atom. The third kappa shape index (κ3) is 2.27. The zero-order chi connectivity index (χ0) is 11.4. The molecule has 0 unspecified atom stereocenters. The molecule has 0 fully saturated rings. The van der Waals surface area contributed by atoms with Crippen molar-refractivity contribution in [1.82, 2.24) is 9.55 Å². The van der Waals surface area contributed by atoms with Crippen LogP contribution in [0.25, 0.3) is 11.0 Å². The molecule has 4 heteroatoms. The van der Waals surface area contributed by atoms with E-state index in [9.17, 15) is 4.79 Å². The Morgan fingerprint density at radius 2 is 2.06 bits per heavy atom. The van der Waals surface area contributed by atoms with Crippen LogP contribution in [0, 0.1) is 0 Å². The summed E-state index contributed by atoms with van der Waals surface area (Å²) in [7, 11) is 0. The van der Waals surface area contributed by atoms with Gasteiger partial charge in [-0.15, -0.1) is 0 Å². The molecule has 2 rings (SSSR count). The fourth-order valence-corrected chi connectivity index (χ4v) is 1.95. The molecule has 2 aromatic rings. The highest BCUT2D eigenvalue weighted by atomic mass is 32.1. The summed E-state index contributed by atoms with van der Waals surface area (Å²) < 4.78 is 1.78. The quantitative estimate of drug-likeness (QED) is 0.649. The number of nitrogens with zero attached hydrogens (tertiary/aromatic N) is 2. The second-order valence-corrected chi connectivity index (χ2v) is 4.11. The van der Waals surface area contributed by atoms with Crippen LogP contribution < -0.4 is 5.56 Å². The lowest BCUT2D eigenvalue weighted by Gasteiger charge is -2.08. The Morgan fingerprint density at radius 1 is 1.25 bits per heavy atom. The summed E-state index contributed by atoms with van der Waals surface area (Å²) in [4.78, 5) is 15.8. The van der Waals surface area contributed by atoms with Crippen molar-refractivity contribution in [3.63, 3.8) is 0 Å². The smallest absolute Gasteiger partial charge is 0.269 e. The lowest BCUT2D eigenvalue weighted by atomic mass is 10.2. The summed E-state index contributed by atoms with van der Waals surface area (Å²) in [5, 5.41) is 0. The van der Waals surface area contributed by atoms with Crippen LogP contribution in [0.2, 0.25) is 0 Å². The van der Waals surface area contributed by atoms with E-state index in [0.717, 1.165) is 36.2 Å². The molecule has 0 bridgehead atoms. The van der Waals surface area contributed by atoms with Crippen LogP contribution >= 0.6 is 12.6 Å². The number of thiol groups is 1. The van der Waals surface area contributed by atoms with Crippen molar-refractivity contribution in [3.8, 4) is 0 Å². The van der Waals surface area contributed by atoms with Gasteiger partial charge in [0.25, 0.3) is 5.56 Å². The standard InChI is InChI=1S/C12H14N2OS/c15-12-9-13-10-5-1-2-6-11(10)14(12)7-3-4-8-16/h1-2,5-6,9,16H,3-4,7-8H2. The molecule has 0 aliphatic heterocycles. The molecule has 0 aliphatic rings. The zero-order valence-electron chi connectivity index (χ0n) is 8.97. The van der Waals surface area contributed by atoms with Crippen molar-refractivity contribution in [3.05, 3.63) is 40.8 Å². The van der Waals surface area contributed by atoms with Crippen LogP contribution in [0.5, 0.6) is 0 Å². The van der Waals surface area contributed by atoms with E-state index in [-0.39, 0.29) is 5.56 Å². The molecule has 0 saturated carbocycles. The fraction of sp³-hybridized carbons (Fsp3) is 0.333. The largest absolute Gasteiger partial charge is 0.305 e. The predicted octanol–water partition coefficient (Wildman–Crippen LogP) is 2.11. The molecule has 0 saturated heterocycles. The van der Waals surface area contributed by atoms with Gasteiger partial charge in [-0.2, -0.15) is 12.6 Å². The Kier molecular flexibility index (Phi) is 3.62. The molecule has 1 aromatic heterocycles. The molecule has 3 nitrogen and oxygen atoms in total. The van der Waals surface area contributed by atoms with Crippen molar-refractivity contribution in [2.24, 2.45) is 0 Å². The SMILES string of the molecule is O=c1cnc2ccccc2n1CCCCS. The Balaban J connectivity index is 2.41. The average Bonchev–Trinajstić information content (AvgIpc) is 2.32. The van der Waals surface area contributed by atoms with Gasteiger partial charge in [-0.3, -0.25) is 4.79 Å². The first kappa shape index (κ1) is 11.2. The number of unbranched alkanes of at least 4 members (excludes halogenated alkanes) is 1. The molecule has 0 spiro atoms. The maximum Gasteiger partial charge on any atom is 0.269 e. The van der Waals surface area contributed by atoms with Gasteiger partial charge in [-0.25, -0.2) is 4.98 Å². The lowest BCUT2D eigenvalue weighted by molar-refractivity contribution is 0.632. The molecule has 0 N–H and O–H groups in total. The summed E-state index contributed by atoms with van der Waals surface area (Å²) in [6.07, 6.45) is 3.38. The first-order valence-corrected chi connectivity index (χ1v) is 6.01. The number of aryl methyl sites for hydroxylation is 1. The Bertz CT molecular complexity index is 536. The zero-order valence-corrected chi connectivity index (χ0v) is 9.86. The number of rotatable bonds is 4. The molecular formula is C12H14N2OS. The van der Waals surface area contributed by atoms with Gasteiger partial charge in [-0.05, 0) is 30.7 Å². The Labute approximate surface area is 99.5 Å². The van der Waals surface area contributed by atoms with Gasteiger partial charge in [0, 0.05) is 6.54 Å². The summed E-state index contributed by atoms with van der Waals surface area (Å²) in [6, 6.07) is 7.71. The van der Waals surface area contributed by atoms with E-state index in [1.54, 1.807) is 4.57 Å². The number of aromatic nitrogens is 2. The van der Waals surface area contributed by atoms with Crippen LogP contribution in [-0.4, -0.2) is 15.3 Å². The molecule has 0 atom stereocenters. The second-order valence-electron chi connectivity index (χ2n) is 3.67. The van der Waals surface area contributed by atoms with Crippen LogP contribution in [0.3, 0.4) is 0 Å². The van der Waals surface area contributed by atoms with Gasteiger partial charge in [-0.1, -0.05) is 12.1 Å². The minimum Gasteiger partial charge on any atom is -0.305 e. The van der Waals surface area contributed by atoms with Gasteiger partial charge in [0.2, 0.25) is 0 Å². The van der Waals surface area contributed by atoms with Gasteiger partial charge in [0.05, 0.1) is 17.2 Å². The van der Waals surface area contributed by atoms with Crippen LogP contribution in [-0.2, 0) is 6.54 Å². The van der Waals surface area contributed by atoms with Gasteiger partial charge < -0.3 is 4.57 Å². The van der Waals surface area contributed by atoms with Crippen molar-refractivity contribution in [2.75, 3.05) is 5.75 Å². The predicted molar refractivity (Wildman–Crippen MR) is 69.1 cm³/mol. The average molecular weight is 234 g/mol. The van der Waals surface area contributed by atoms with E-state index >= 15 is 0 Å². The molecule has 0 amide bonds. The number of benzene rings is 1. The minimum atomic E-state index is -0.0298. The van der Waals surface area contributed by atoms with E-state index in [1.807, 2.05) is 24.3 Å². The summed E-state index contributed by atoms with van der Waals surface area (Å²) >= 11 is 4.17. The van der Waals surface area contributed by atoms with Crippen molar-refractivity contribution >= 4 is 23.7 Å². The summed E-state index contributed by atoms with van der Waals surface area (Å²) in [5.74, 6) is 0.859. The van der Waals surface area contributed by atoms with E-state index in [2.05, 4.69) is 17.6 Å². The van der Waals surface area contributed by atoms with Crippen molar-refractivity contribution in [1.29, 1.82) is 0 Å². The monoisotopic (exact) mass is 234 g/mol. The minimum absolute atomic E-state index is 0.0298. The highest BCUT2D eigenvalue weighted by molar-refractivity contribution is 7.80. The van der Waals surface area contributed by atoms with E-state index in [1.165, 1.54) is 6.20 Å². The normalized spacial score (nSPS) is 10.8. The van der Waals surface area contributed by atoms with Crippen LogP contribution in [0.1, 0.15) is 12.8 Å². The molecular weight excluding hydrogens is 220 g/mol. The first-order chi connectivity index (χ1) is 7.83. The topological polar surface area (TPSA) is 34.9 Å². The summed E-state index contributed by atoms with van der Waals surface area (Å²) in [5.41, 5.74) is 1.75. The van der Waals surface area contributed by atoms with Crippen molar-refractivity contribution < 1.29 is 0 Å². The summed E-state index contributed by atoms with van der Waals surface area (Å²) in [6.45, 7) is 0.739. The van der Waals surface area contributed by atoms with Crippen LogP contribution in [0.15, 0.2) is 35.3 Å². The molecule has 16 heavy (non-hydrogen) atoms. The molecule has 1 heterocycles. The highest BCUT2D eigenvalue weighted by Crippen LogP contribution is 2.09. The molecule has 84 valence electrons. The third-order valence-corrected chi connectivity index (χ3v) is 2.86. The molecule has 1 aromatic carbocycles. The van der Waals surface area contributed by atoms with Crippen LogP contribution in [0.4, 0.5) is 0 Å². The number of hydrogen-bond acceptors (Lipinski definition) is 3. The number of hydrogen-bond donors (Lipinski definition) is 1. The van der Waals surface area contributed by atoms with Gasteiger partial charge >= 0.3 is 0 Å². The second kappa shape index (κ2) is 5.16. The highest BCUT2D eigenvalue weighted by Gasteiger charge is 2.02. The number of fused-ring (bicyclic) bond motifs is 1. The Hall–Kier alpha value is -1.29. The lowest BCUT2D eigenvalue weighted by Crippen LogP contribution is -2.20. The maximum absolute atomic E-state index is 11.7.